The molecule has 0 saturated heterocycles. The summed E-state index contributed by atoms with van der Waals surface area (Å²) in [7, 11) is 0. The van der Waals surface area contributed by atoms with Crippen molar-refractivity contribution in [1.82, 2.24) is 0 Å². The summed E-state index contributed by atoms with van der Waals surface area (Å²) >= 11 is 17.5. The van der Waals surface area contributed by atoms with Gasteiger partial charge in [-0.05, 0) is 36.4 Å². The van der Waals surface area contributed by atoms with Gasteiger partial charge in [-0.2, -0.15) is 0 Å². The fourth-order valence-electron chi connectivity index (χ4n) is 1.73. The Bertz CT molecular complexity index is 694. The Labute approximate surface area is 142 Å². The number of amides is 1. The molecule has 0 saturated carbocycles. The third-order valence-electron chi connectivity index (χ3n) is 2.80. The zero-order valence-electron chi connectivity index (χ0n) is 11.3. The maximum atomic E-state index is 13.0. The van der Waals surface area contributed by atoms with Crippen LogP contribution in [0.2, 0.25) is 15.1 Å². The second-order valence-electron chi connectivity index (χ2n) is 4.48. The van der Waals surface area contributed by atoms with E-state index in [0.29, 0.717) is 28.0 Å². The molecule has 2 aromatic carbocycles. The van der Waals surface area contributed by atoms with Crippen molar-refractivity contribution in [3.05, 3.63) is 57.3 Å². The summed E-state index contributed by atoms with van der Waals surface area (Å²) in [5, 5.41) is 6.59. The molecular formula is C15H12Cl3FN2O. The third kappa shape index (κ3) is 4.77. The maximum absolute atomic E-state index is 13.0. The van der Waals surface area contributed by atoms with Gasteiger partial charge in [-0.25, -0.2) is 4.39 Å². The summed E-state index contributed by atoms with van der Waals surface area (Å²) in [6.45, 7) is 0.367. The van der Waals surface area contributed by atoms with E-state index in [1.54, 1.807) is 24.3 Å². The van der Waals surface area contributed by atoms with E-state index in [-0.39, 0.29) is 17.4 Å². The Hall–Kier alpha value is -1.49. The summed E-state index contributed by atoms with van der Waals surface area (Å²) in [5.41, 5.74) is 1.10. The highest BCUT2D eigenvalue weighted by atomic mass is 35.5. The number of hydrogen-bond donors (Lipinski definition) is 2. The normalized spacial score (nSPS) is 10.4. The fraction of sp³-hybridized carbons (Fsp3) is 0.133. The molecule has 0 fully saturated rings. The van der Waals surface area contributed by atoms with Crippen LogP contribution in [0.1, 0.15) is 6.42 Å². The Morgan fingerprint density at radius 2 is 1.82 bits per heavy atom. The number of anilines is 2. The van der Waals surface area contributed by atoms with Crippen molar-refractivity contribution >= 4 is 52.1 Å². The molecule has 22 heavy (non-hydrogen) atoms. The van der Waals surface area contributed by atoms with Crippen molar-refractivity contribution in [1.29, 1.82) is 0 Å². The summed E-state index contributed by atoms with van der Waals surface area (Å²) in [4.78, 5) is 11.8. The molecule has 1 amide bonds. The molecule has 0 aliphatic heterocycles. The number of carbonyl (C=O) groups excluding carboxylic acids is 1. The zero-order chi connectivity index (χ0) is 16.1. The Morgan fingerprint density at radius 1 is 1.05 bits per heavy atom. The van der Waals surface area contributed by atoms with Gasteiger partial charge in [0.25, 0.3) is 0 Å². The van der Waals surface area contributed by atoms with Gasteiger partial charge >= 0.3 is 0 Å². The first-order valence-corrected chi connectivity index (χ1v) is 7.53. The highest BCUT2D eigenvalue weighted by molar-refractivity contribution is 6.35. The van der Waals surface area contributed by atoms with Crippen molar-refractivity contribution in [2.75, 3.05) is 17.2 Å². The van der Waals surface area contributed by atoms with Gasteiger partial charge in [0.1, 0.15) is 5.82 Å². The van der Waals surface area contributed by atoms with E-state index in [1.807, 2.05) is 0 Å². The number of halogens is 4. The van der Waals surface area contributed by atoms with Gasteiger partial charge in [0.05, 0.1) is 15.7 Å². The molecule has 2 aromatic rings. The lowest BCUT2D eigenvalue weighted by atomic mass is 10.3. The van der Waals surface area contributed by atoms with Crippen LogP contribution in [0.5, 0.6) is 0 Å². The van der Waals surface area contributed by atoms with Gasteiger partial charge in [-0.3, -0.25) is 4.79 Å². The predicted octanol–water partition coefficient (Wildman–Crippen LogP) is 5.23. The lowest BCUT2D eigenvalue weighted by molar-refractivity contribution is -0.115. The van der Waals surface area contributed by atoms with Crippen molar-refractivity contribution in [3.63, 3.8) is 0 Å². The van der Waals surface area contributed by atoms with E-state index < -0.39 is 5.82 Å². The first kappa shape index (κ1) is 16.9. The van der Waals surface area contributed by atoms with E-state index in [1.165, 1.54) is 12.1 Å². The maximum Gasteiger partial charge on any atom is 0.226 e. The monoisotopic (exact) mass is 360 g/mol. The number of benzene rings is 2. The topological polar surface area (TPSA) is 41.1 Å². The molecule has 0 unspecified atom stereocenters. The minimum atomic E-state index is -0.486. The van der Waals surface area contributed by atoms with Crippen LogP contribution in [0.3, 0.4) is 0 Å². The largest absolute Gasteiger partial charge is 0.384 e. The second kappa shape index (κ2) is 7.68. The van der Waals surface area contributed by atoms with Crippen LogP contribution >= 0.6 is 34.8 Å². The van der Waals surface area contributed by atoms with Crippen LogP contribution in [0.15, 0.2) is 36.4 Å². The molecule has 7 heteroatoms. The smallest absolute Gasteiger partial charge is 0.226 e. The Balaban J connectivity index is 1.85. The minimum Gasteiger partial charge on any atom is -0.384 e. The minimum absolute atomic E-state index is 0.0279. The summed E-state index contributed by atoms with van der Waals surface area (Å²) < 4.78 is 13.0. The Morgan fingerprint density at radius 3 is 2.55 bits per heavy atom. The molecule has 0 atom stereocenters. The van der Waals surface area contributed by atoms with E-state index in [9.17, 15) is 9.18 Å². The van der Waals surface area contributed by atoms with Crippen molar-refractivity contribution < 1.29 is 9.18 Å². The average molecular weight is 362 g/mol. The number of carbonyl (C=O) groups is 1. The standard InChI is InChI=1S/C15H12Cl3FN2O/c16-9-1-3-11(17)14(7-9)21-15(22)5-6-20-10-2-4-13(19)12(18)8-10/h1-4,7-8,20H,5-6H2,(H,21,22). The lowest BCUT2D eigenvalue weighted by Gasteiger charge is -2.09. The van der Waals surface area contributed by atoms with Gasteiger partial charge in [-0.15, -0.1) is 0 Å². The van der Waals surface area contributed by atoms with E-state index in [0.717, 1.165) is 0 Å². The highest BCUT2D eigenvalue weighted by Crippen LogP contribution is 2.25. The zero-order valence-corrected chi connectivity index (χ0v) is 13.6. The van der Waals surface area contributed by atoms with Crippen LogP contribution in [0.4, 0.5) is 15.8 Å². The first-order chi connectivity index (χ1) is 10.5. The van der Waals surface area contributed by atoms with E-state index >= 15 is 0 Å². The number of hydrogen-bond acceptors (Lipinski definition) is 2. The van der Waals surface area contributed by atoms with Crippen LogP contribution in [-0.4, -0.2) is 12.5 Å². The highest BCUT2D eigenvalue weighted by Gasteiger charge is 2.07. The molecule has 2 N–H and O–H groups in total. The van der Waals surface area contributed by atoms with Crippen molar-refractivity contribution in [3.8, 4) is 0 Å². The van der Waals surface area contributed by atoms with E-state index in [4.69, 9.17) is 34.8 Å². The second-order valence-corrected chi connectivity index (χ2v) is 5.73. The molecular weight excluding hydrogens is 350 g/mol. The molecule has 0 heterocycles. The molecule has 0 aliphatic rings. The average Bonchev–Trinajstić information content (AvgIpc) is 2.47. The predicted molar refractivity (Wildman–Crippen MR) is 89.6 cm³/mol. The molecule has 116 valence electrons. The third-order valence-corrected chi connectivity index (χ3v) is 3.66. The van der Waals surface area contributed by atoms with Crippen LogP contribution in [-0.2, 0) is 4.79 Å². The molecule has 0 spiro atoms. The molecule has 0 radical (unpaired) electrons. The quantitative estimate of drug-likeness (QED) is 0.766. The van der Waals surface area contributed by atoms with Gasteiger partial charge in [0, 0.05) is 23.7 Å². The first-order valence-electron chi connectivity index (χ1n) is 6.39. The molecule has 0 aliphatic carbocycles. The van der Waals surface area contributed by atoms with Crippen molar-refractivity contribution in [2.24, 2.45) is 0 Å². The SMILES string of the molecule is O=C(CCNc1ccc(F)c(Cl)c1)Nc1cc(Cl)ccc1Cl. The summed E-state index contributed by atoms with van der Waals surface area (Å²) in [6.07, 6.45) is 0.206. The molecule has 2 rings (SSSR count). The number of rotatable bonds is 5. The fourth-order valence-corrected chi connectivity index (χ4v) is 2.25. The molecule has 0 aromatic heterocycles. The molecule has 3 nitrogen and oxygen atoms in total. The van der Waals surface area contributed by atoms with Gasteiger partial charge < -0.3 is 10.6 Å². The van der Waals surface area contributed by atoms with Crippen LogP contribution in [0.25, 0.3) is 0 Å². The van der Waals surface area contributed by atoms with Crippen molar-refractivity contribution in [2.45, 2.75) is 6.42 Å². The number of nitrogens with one attached hydrogen (secondary N) is 2. The van der Waals surface area contributed by atoms with Crippen LogP contribution < -0.4 is 10.6 Å². The van der Waals surface area contributed by atoms with E-state index in [2.05, 4.69) is 10.6 Å². The lowest BCUT2D eigenvalue weighted by Crippen LogP contribution is -2.16. The van der Waals surface area contributed by atoms with Crippen LogP contribution in [0, 0.1) is 5.82 Å². The summed E-state index contributed by atoms with van der Waals surface area (Å²) in [5.74, 6) is -0.703. The van der Waals surface area contributed by atoms with Gasteiger partial charge in [0.2, 0.25) is 5.91 Å². The molecule has 0 bridgehead atoms. The Kier molecular flexibility index (Phi) is 5.89. The summed E-state index contributed by atoms with van der Waals surface area (Å²) in [6, 6.07) is 9.10. The van der Waals surface area contributed by atoms with Gasteiger partial charge in [0.15, 0.2) is 0 Å². The van der Waals surface area contributed by atoms with Gasteiger partial charge in [-0.1, -0.05) is 34.8 Å².